The monoisotopic (exact) mass is 248 g/mol. The minimum atomic E-state index is 0.442. The minimum absolute atomic E-state index is 0.442. The average molecular weight is 249 g/mol. The third kappa shape index (κ3) is 1.42. The Kier molecular flexibility index (Phi) is 2.33. The number of nitrogens with zero attached hydrogens (tertiary/aromatic N) is 2. The van der Waals surface area contributed by atoms with Crippen molar-refractivity contribution in [2.75, 3.05) is 0 Å². The van der Waals surface area contributed by atoms with Crippen LogP contribution < -0.4 is 0 Å². The Hall–Kier alpha value is -1.60. The maximum absolute atomic E-state index is 8.79. The summed E-state index contributed by atoms with van der Waals surface area (Å²) in [6.45, 7) is 0. The van der Waals surface area contributed by atoms with Crippen LogP contribution in [0, 0.1) is 11.3 Å². The molecule has 0 N–H and O–H groups in total. The quantitative estimate of drug-likeness (QED) is 0.780. The van der Waals surface area contributed by atoms with Gasteiger partial charge < -0.3 is 4.52 Å². The molecule has 4 heteroatoms. The number of benzene rings is 1. The maximum atomic E-state index is 8.79. The molecule has 3 nitrogen and oxygen atoms in total. The molecule has 0 saturated carbocycles. The summed E-state index contributed by atoms with van der Waals surface area (Å²) in [5.41, 5.74) is 1.87. The van der Waals surface area contributed by atoms with E-state index in [9.17, 15) is 0 Å². The zero-order valence-electron chi connectivity index (χ0n) is 7.07. The lowest BCUT2D eigenvalue weighted by Gasteiger charge is -1.98. The van der Waals surface area contributed by atoms with Crippen molar-refractivity contribution in [1.29, 1.82) is 5.26 Å². The lowest BCUT2D eigenvalue weighted by Crippen LogP contribution is -1.82. The number of halogens is 1. The van der Waals surface area contributed by atoms with Crippen molar-refractivity contribution in [1.82, 2.24) is 5.16 Å². The molecule has 1 aromatic heterocycles. The van der Waals surface area contributed by atoms with E-state index < -0.39 is 0 Å². The van der Waals surface area contributed by atoms with Gasteiger partial charge in [-0.1, -0.05) is 39.3 Å². The van der Waals surface area contributed by atoms with Crippen LogP contribution in [0.1, 0.15) is 5.56 Å². The molecule has 0 radical (unpaired) electrons. The number of nitriles is 1. The van der Waals surface area contributed by atoms with Crippen molar-refractivity contribution < 1.29 is 4.52 Å². The highest BCUT2D eigenvalue weighted by atomic mass is 79.9. The van der Waals surface area contributed by atoms with Gasteiger partial charge in [-0.15, -0.1) is 0 Å². The fourth-order valence-electron chi connectivity index (χ4n) is 1.16. The number of aromatic nitrogens is 1. The summed E-state index contributed by atoms with van der Waals surface area (Å²) in [5.74, 6) is 0. The van der Waals surface area contributed by atoms with Gasteiger partial charge in [0.05, 0.1) is 0 Å². The summed E-state index contributed by atoms with van der Waals surface area (Å²) in [5, 5.41) is 12.6. The Morgan fingerprint density at radius 1 is 1.36 bits per heavy atom. The number of hydrogen-bond acceptors (Lipinski definition) is 3. The second kappa shape index (κ2) is 3.64. The Bertz CT molecular complexity index is 499. The van der Waals surface area contributed by atoms with E-state index in [1.165, 1.54) is 6.26 Å². The van der Waals surface area contributed by atoms with Crippen LogP contribution in [0.3, 0.4) is 0 Å². The van der Waals surface area contributed by atoms with Crippen molar-refractivity contribution in [3.63, 3.8) is 0 Å². The van der Waals surface area contributed by atoms with Crippen LogP contribution in [0.15, 0.2) is 39.5 Å². The van der Waals surface area contributed by atoms with Crippen molar-refractivity contribution in [2.24, 2.45) is 0 Å². The molecule has 0 aliphatic carbocycles. The molecule has 0 unspecified atom stereocenters. The van der Waals surface area contributed by atoms with E-state index in [1.54, 1.807) is 0 Å². The fourth-order valence-corrected chi connectivity index (χ4v) is 1.64. The molecule has 0 aliphatic heterocycles. The Labute approximate surface area is 89.1 Å². The number of hydrogen-bond donors (Lipinski definition) is 0. The molecule has 0 aliphatic rings. The van der Waals surface area contributed by atoms with Crippen molar-refractivity contribution in [3.8, 4) is 17.3 Å². The van der Waals surface area contributed by atoms with Gasteiger partial charge in [-0.2, -0.15) is 5.26 Å². The highest BCUT2D eigenvalue weighted by molar-refractivity contribution is 9.10. The second-order valence-electron chi connectivity index (χ2n) is 2.67. The zero-order valence-corrected chi connectivity index (χ0v) is 8.65. The van der Waals surface area contributed by atoms with Crippen molar-refractivity contribution >= 4 is 15.9 Å². The molecule has 0 saturated heterocycles. The standard InChI is InChI=1S/C10H5BrN2O/c11-9-4-2-1-3-8(9)10-7(5-12)6-14-13-10/h1-4,6H. The van der Waals surface area contributed by atoms with E-state index in [1.807, 2.05) is 30.3 Å². The molecule has 0 atom stereocenters. The van der Waals surface area contributed by atoms with E-state index >= 15 is 0 Å². The van der Waals surface area contributed by atoms with E-state index in [4.69, 9.17) is 9.78 Å². The maximum Gasteiger partial charge on any atom is 0.142 e. The van der Waals surface area contributed by atoms with Crippen LogP contribution >= 0.6 is 15.9 Å². The normalized spacial score (nSPS) is 9.71. The Balaban J connectivity index is 2.62. The van der Waals surface area contributed by atoms with E-state index in [0.29, 0.717) is 11.3 Å². The van der Waals surface area contributed by atoms with Crippen LogP contribution in [0.2, 0.25) is 0 Å². The molecule has 0 bridgehead atoms. The minimum Gasteiger partial charge on any atom is -0.363 e. The second-order valence-corrected chi connectivity index (χ2v) is 3.52. The van der Waals surface area contributed by atoms with Crippen LogP contribution in [0.25, 0.3) is 11.3 Å². The van der Waals surface area contributed by atoms with Gasteiger partial charge in [0.15, 0.2) is 0 Å². The predicted molar refractivity (Wildman–Crippen MR) is 54.4 cm³/mol. The van der Waals surface area contributed by atoms with Crippen LogP contribution in [-0.2, 0) is 0 Å². The van der Waals surface area contributed by atoms with Crippen LogP contribution in [-0.4, -0.2) is 5.16 Å². The van der Waals surface area contributed by atoms with Gasteiger partial charge in [0.1, 0.15) is 23.6 Å². The molecule has 2 aromatic rings. The molecular weight excluding hydrogens is 244 g/mol. The van der Waals surface area contributed by atoms with Gasteiger partial charge in [-0.25, -0.2) is 0 Å². The van der Waals surface area contributed by atoms with Gasteiger partial charge in [-0.05, 0) is 6.07 Å². The average Bonchev–Trinajstić information content (AvgIpc) is 2.66. The van der Waals surface area contributed by atoms with Crippen LogP contribution in [0.4, 0.5) is 0 Å². The van der Waals surface area contributed by atoms with Gasteiger partial charge in [0.25, 0.3) is 0 Å². The first kappa shape index (κ1) is 8.97. The van der Waals surface area contributed by atoms with E-state index in [0.717, 1.165) is 10.0 Å². The van der Waals surface area contributed by atoms with Gasteiger partial charge in [0.2, 0.25) is 0 Å². The van der Waals surface area contributed by atoms with Crippen LogP contribution in [0.5, 0.6) is 0 Å². The number of rotatable bonds is 1. The molecule has 1 aromatic carbocycles. The van der Waals surface area contributed by atoms with Gasteiger partial charge in [-0.3, -0.25) is 0 Å². The van der Waals surface area contributed by atoms with E-state index in [-0.39, 0.29) is 0 Å². The SMILES string of the molecule is N#Cc1conc1-c1ccccc1Br. The smallest absolute Gasteiger partial charge is 0.142 e. The Morgan fingerprint density at radius 3 is 2.86 bits per heavy atom. The molecule has 0 spiro atoms. The topological polar surface area (TPSA) is 49.8 Å². The molecule has 2 rings (SSSR count). The summed E-state index contributed by atoms with van der Waals surface area (Å²) in [4.78, 5) is 0. The summed E-state index contributed by atoms with van der Waals surface area (Å²) in [6, 6.07) is 9.58. The molecule has 0 fully saturated rings. The summed E-state index contributed by atoms with van der Waals surface area (Å²) >= 11 is 3.39. The molecule has 14 heavy (non-hydrogen) atoms. The first-order chi connectivity index (χ1) is 6.83. The molecular formula is C10H5BrN2O. The highest BCUT2D eigenvalue weighted by Crippen LogP contribution is 2.28. The third-order valence-corrected chi connectivity index (χ3v) is 2.51. The van der Waals surface area contributed by atoms with Gasteiger partial charge in [0, 0.05) is 10.0 Å². The van der Waals surface area contributed by atoms with Gasteiger partial charge >= 0.3 is 0 Å². The molecule has 1 heterocycles. The lowest BCUT2D eigenvalue weighted by atomic mass is 10.1. The highest BCUT2D eigenvalue weighted by Gasteiger charge is 2.11. The van der Waals surface area contributed by atoms with Crippen molar-refractivity contribution in [3.05, 3.63) is 40.6 Å². The summed E-state index contributed by atoms with van der Waals surface area (Å²) in [7, 11) is 0. The first-order valence-corrected chi connectivity index (χ1v) is 4.71. The zero-order chi connectivity index (χ0) is 9.97. The largest absolute Gasteiger partial charge is 0.363 e. The predicted octanol–water partition coefficient (Wildman–Crippen LogP) is 2.98. The first-order valence-electron chi connectivity index (χ1n) is 3.92. The Morgan fingerprint density at radius 2 is 2.14 bits per heavy atom. The lowest BCUT2D eigenvalue weighted by molar-refractivity contribution is 0.422. The van der Waals surface area contributed by atoms with Crippen molar-refractivity contribution in [2.45, 2.75) is 0 Å². The van der Waals surface area contributed by atoms with E-state index in [2.05, 4.69) is 21.1 Å². The third-order valence-electron chi connectivity index (χ3n) is 1.82. The molecule has 68 valence electrons. The molecule has 0 amide bonds. The fraction of sp³-hybridized carbons (Fsp3) is 0. The summed E-state index contributed by atoms with van der Waals surface area (Å²) in [6.07, 6.45) is 1.34. The summed E-state index contributed by atoms with van der Waals surface area (Å²) < 4.78 is 5.65.